The van der Waals surface area contributed by atoms with Crippen LogP contribution in [0.4, 0.5) is 0 Å². The summed E-state index contributed by atoms with van der Waals surface area (Å²) < 4.78 is 11.9. The summed E-state index contributed by atoms with van der Waals surface area (Å²) in [4.78, 5) is 0. The van der Waals surface area contributed by atoms with Gasteiger partial charge in [0, 0.05) is 18.2 Å². The zero-order chi connectivity index (χ0) is 10.2. The molecule has 0 rings (SSSR count). The van der Waals surface area contributed by atoms with Gasteiger partial charge in [0.2, 0.25) is 0 Å². The van der Waals surface area contributed by atoms with E-state index in [4.69, 9.17) is 0 Å². The Balaban J connectivity index is 3.49. The van der Waals surface area contributed by atoms with Crippen LogP contribution in [0.3, 0.4) is 0 Å². The van der Waals surface area contributed by atoms with Crippen LogP contribution in [-0.4, -0.2) is 18.2 Å². The molecule has 0 atom stereocenters. The van der Waals surface area contributed by atoms with E-state index in [0.717, 1.165) is 11.5 Å². The SMILES string of the molecule is CCCCSP(C)(=O)SCCCC. The summed E-state index contributed by atoms with van der Waals surface area (Å²) in [6.07, 6.45) is 4.78. The topological polar surface area (TPSA) is 17.1 Å². The maximum absolute atomic E-state index is 11.9. The van der Waals surface area contributed by atoms with E-state index < -0.39 is 5.55 Å². The molecule has 0 aliphatic rings. The second kappa shape index (κ2) is 8.26. The summed E-state index contributed by atoms with van der Waals surface area (Å²) in [5.41, 5.74) is -1.92. The molecule has 0 N–H and O–H groups in total. The fourth-order valence-corrected chi connectivity index (χ4v) is 7.36. The highest BCUT2D eigenvalue weighted by Gasteiger charge is 2.14. The molecule has 0 aliphatic carbocycles. The molecule has 1 nitrogen and oxygen atoms in total. The largest absolute Gasteiger partial charge is 0.301 e. The molecule has 0 amide bonds. The second-order valence-corrected chi connectivity index (χ2v) is 12.4. The third kappa shape index (κ3) is 9.24. The van der Waals surface area contributed by atoms with Gasteiger partial charge in [-0.2, -0.15) is 0 Å². The summed E-state index contributed by atoms with van der Waals surface area (Å²) in [5, 5.41) is 0. The van der Waals surface area contributed by atoms with Crippen molar-refractivity contribution in [3.63, 3.8) is 0 Å². The first kappa shape index (κ1) is 13.9. The van der Waals surface area contributed by atoms with E-state index in [1.165, 1.54) is 25.7 Å². The van der Waals surface area contributed by atoms with Crippen molar-refractivity contribution in [1.29, 1.82) is 0 Å². The van der Waals surface area contributed by atoms with Gasteiger partial charge in [0.15, 0.2) is 5.55 Å². The predicted octanol–water partition coefficient (Wildman–Crippen LogP) is 4.88. The molecular weight excluding hydrogens is 219 g/mol. The highest BCUT2D eigenvalue weighted by Crippen LogP contribution is 2.66. The van der Waals surface area contributed by atoms with Crippen molar-refractivity contribution in [2.24, 2.45) is 0 Å². The van der Waals surface area contributed by atoms with Crippen molar-refractivity contribution in [2.45, 2.75) is 39.5 Å². The molecule has 0 radical (unpaired) electrons. The Morgan fingerprint density at radius 1 is 1.00 bits per heavy atom. The maximum Gasteiger partial charge on any atom is 0.188 e. The zero-order valence-corrected chi connectivity index (χ0v) is 11.4. The third-order valence-electron chi connectivity index (χ3n) is 1.65. The standard InChI is InChI=1S/C9H21OPS2/c1-4-6-8-12-11(3,10)13-9-7-5-2/h4-9H2,1-3H3. The minimum atomic E-state index is -1.92. The van der Waals surface area contributed by atoms with E-state index in [1.807, 2.05) is 6.66 Å². The van der Waals surface area contributed by atoms with Crippen LogP contribution in [-0.2, 0) is 4.57 Å². The Bertz CT molecular complexity index is 148. The molecule has 0 spiro atoms. The summed E-state index contributed by atoms with van der Waals surface area (Å²) in [6, 6.07) is 0. The van der Waals surface area contributed by atoms with Crippen molar-refractivity contribution in [3.8, 4) is 0 Å². The van der Waals surface area contributed by atoms with Crippen molar-refractivity contribution >= 4 is 28.3 Å². The van der Waals surface area contributed by atoms with Crippen molar-refractivity contribution < 1.29 is 4.57 Å². The molecule has 0 saturated carbocycles. The van der Waals surface area contributed by atoms with E-state index in [0.29, 0.717) is 0 Å². The predicted molar refractivity (Wildman–Crippen MR) is 68.3 cm³/mol. The fraction of sp³-hybridized carbons (Fsp3) is 1.00. The Hall–Kier alpha value is 0.930. The van der Waals surface area contributed by atoms with Gasteiger partial charge >= 0.3 is 0 Å². The molecule has 0 heterocycles. The van der Waals surface area contributed by atoms with E-state index in [-0.39, 0.29) is 0 Å². The first-order valence-electron chi connectivity index (χ1n) is 4.99. The summed E-state index contributed by atoms with van der Waals surface area (Å²) in [6.45, 7) is 6.25. The molecule has 0 saturated heterocycles. The minimum absolute atomic E-state index is 1.06. The van der Waals surface area contributed by atoms with E-state index in [1.54, 1.807) is 22.8 Å². The smallest absolute Gasteiger partial charge is 0.188 e. The van der Waals surface area contributed by atoms with Crippen LogP contribution in [0, 0.1) is 0 Å². The summed E-state index contributed by atoms with van der Waals surface area (Å²) >= 11 is 3.34. The number of hydrogen-bond acceptors (Lipinski definition) is 3. The highest BCUT2D eigenvalue weighted by atomic mass is 33.1. The molecule has 4 heteroatoms. The summed E-state index contributed by atoms with van der Waals surface area (Å²) in [7, 11) is 0. The zero-order valence-electron chi connectivity index (χ0n) is 8.91. The average Bonchev–Trinajstić information content (AvgIpc) is 2.05. The number of hydrogen-bond donors (Lipinski definition) is 0. The Labute approximate surface area is 90.7 Å². The molecule has 0 aliphatic heterocycles. The molecule has 13 heavy (non-hydrogen) atoms. The van der Waals surface area contributed by atoms with Crippen molar-refractivity contribution in [2.75, 3.05) is 18.2 Å². The molecule has 0 unspecified atom stereocenters. The summed E-state index contributed by atoms with van der Waals surface area (Å²) in [5.74, 6) is 2.12. The molecule has 0 aromatic heterocycles. The Morgan fingerprint density at radius 2 is 1.38 bits per heavy atom. The van der Waals surface area contributed by atoms with Crippen molar-refractivity contribution in [1.82, 2.24) is 0 Å². The van der Waals surface area contributed by atoms with Crippen LogP contribution >= 0.6 is 28.3 Å². The van der Waals surface area contributed by atoms with Gasteiger partial charge in [-0.05, 0) is 12.8 Å². The second-order valence-electron chi connectivity index (χ2n) is 3.14. The molecule has 80 valence electrons. The minimum Gasteiger partial charge on any atom is -0.301 e. The van der Waals surface area contributed by atoms with Crippen molar-refractivity contribution in [3.05, 3.63) is 0 Å². The molecule has 0 aromatic rings. The van der Waals surface area contributed by atoms with Gasteiger partial charge in [0.25, 0.3) is 0 Å². The van der Waals surface area contributed by atoms with Gasteiger partial charge in [-0.3, -0.25) is 0 Å². The lowest BCUT2D eigenvalue weighted by atomic mass is 10.4. The molecular formula is C9H21OPS2. The molecule has 0 bridgehead atoms. The van der Waals surface area contributed by atoms with Gasteiger partial charge in [0.05, 0.1) is 0 Å². The molecule has 0 aromatic carbocycles. The lowest BCUT2D eigenvalue weighted by Crippen LogP contribution is -1.79. The maximum atomic E-state index is 11.9. The third-order valence-corrected chi connectivity index (χ3v) is 9.33. The Kier molecular flexibility index (Phi) is 8.85. The monoisotopic (exact) mass is 240 g/mol. The van der Waals surface area contributed by atoms with Crippen LogP contribution in [0.25, 0.3) is 0 Å². The number of unbranched alkanes of at least 4 members (excludes halogenated alkanes) is 2. The van der Waals surface area contributed by atoms with Gasteiger partial charge in [-0.1, -0.05) is 49.5 Å². The lowest BCUT2D eigenvalue weighted by molar-refractivity contribution is 0.596. The highest BCUT2D eigenvalue weighted by molar-refractivity contribution is 8.90. The van der Waals surface area contributed by atoms with Crippen LogP contribution in [0.2, 0.25) is 0 Å². The van der Waals surface area contributed by atoms with Gasteiger partial charge < -0.3 is 4.57 Å². The van der Waals surface area contributed by atoms with E-state index >= 15 is 0 Å². The van der Waals surface area contributed by atoms with Gasteiger partial charge in [0.1, 0.15) is 0 Å². The normalized spacial score (nSPS) is 11.9. The first-order chi connectivity index (χ1) is 6.12. The fourth-order valence-electron chi connectivity index (χ4n) is 0.787. The van der Waals surface area contributed by atoms with Crippen LogP contribution in [0.1, 0.15) is 39.5 Å². The average molecular weight is 240 g/mol. The first-order valence-corrected chi connectivity index (χ1v) is 10.3. The lowest BCUT2D eigenvalue weighted by Gasteiger charge is -2.10. The van der Waals surface area contributed by atoms with Crippen LogP contribution in [0.5, 0.6) is 0 Å². The van der Waals surface area contributed by atoms with E-state index in [2.05, 4.69) is 13.8 Å². The quantitative estimate of drug-likeness (QED) is 0.445. The van der Waals surface area contributed by atoms with Gasteiger partial charge in [-0.25, -0.2) is 0 Å². The van der Waals surface area contributed by atoms with Gasteiger partial charge in [-0.15, -0.1) is 0 Å². The van der Waals surface area contributed by atoms with Crippen LogP contribution in [0.15, 0.2) is 0 Å². The van der Waals surface area contributed by atoms with E-state index in [9.17, 15) is 4.57 Å². The Morgan fingerprint density at radius 3 is 1.69 bits per heavy atom. The molecule has 0 fully saturated rings. The van der Waals surface area contributed by atoms with Crippen LogP contribution < -0.4 is 0 Å². The number of rotatable bonds is 8.